The summed E-state index contributed by atoms with van der Waals surface area (Å²) in [4.78, 5) is 25.4. The van der Waals surface area contributed by atoms with Crippen LogP contribution in [0.3, 0.4) is 0 Å². The van der Waals surface area contributed by atoms with E-state index in [0.717, 1.165) is 122 Å². The van der Waals surface area contributed by atoms with E-state index in [0.29, 0.717) is 19.4 Å². The maximum atomic E-state index is 12.8. The van der Waals surface area contributed by atoms with Gasteiger partial charge in [0.25, 0.3) is 0 Å². The normalized spacial score (nSPS) is 13.1. The lowest BCUT2D eigenvalue weighted by Crippen LogP contribution is -2.30. The molecule has 0 aromatic heterocycles. The summed E-state index contributed by atoms with van der Waals surface area (Å²) in [5.41, 5.74) is 0. The molecule has 0 aromatic rings. The van der Waals surface area contributed by atoms with E-state index >= 15 is 0 Å². The predicted molar refractivity (Wildman–Crippen MR) is 279 cm³/mol. The molecule has 0 spiro atoms. The number of carbonyl (C=O) groups is 2. The van der Waals surface area contributed by atoms with Crippen LogP contribution in [0.1, 0.15) is 226 Å². The zero-order valence-electron chi connectivity index (χ0n) is 41.8. The summed E-state index contributed by atoms with van der Waals surface area (Å²) in [5, 5.41) is 0. The minimum atomic E-state index is -0.572. The average molecular weight is 887 g/mol. The third-order valence-corrected chi connectivity index (χ3v) is 10.8. The Morgan fingerprint density at radius 2 is 0.703 bits per heavy atom. The van der Waals surface area contributed by atoms with Gasteiger partial charge >= 0.3 is 11.9 Å². The maximum Gasteiger partial charge on any atom is 0.306 e. The molecule has 0 rings (SSSR count). The Morgan fingerprint density at radius 1 is 0.359 bits per heavy atom. The van der Waals surface area contributed by atoms with Crippen LogP contribution >= 0.6 is 0 Å². The van der Waals surface area contributed by atoms with Crippen LogP contribution in [0, 0.1) is 0 Å². The summed E-state index contributed by atoms with van der Waals surface area (Å²) >= 11 is 0. The lowest BCUT2D eigenvalue weighted by Gasteiger charge is -2.18. The van der Waals surface area contributed by atoms with E-state index < -0.39 is 6.10 Å². The van der Waals surface area contributed by atoms with Gasteiger partial charge in [-0.05, 0) is 122 Å². The molecular formula is C59H98O5. The minimum absolute atomic E-state index is 0.0496. The van der Waals surface area contributed by atoms with Crippen LogP contribution in [-0.4, -0.2) is 37.9 Å². The number of carbonyl (C=O) groups excluding carboxylic acids is 2. The third kappa shape index (κ3) is 51.2. The van der Waals surface area contributed by atoms with Crippen molar-refractivity contribution in [2.75, 3.05) is 19.8 Å². The van der Waals surface area contributed by atoms with Crippen LogP contribution in [0.2, 0.25) is 0 Å². The maximum absolute atomic E-state index is 12.8. The topological polar surface area (TPSA) is 61.8 Å². The second-order valence-corrected chi connectivity index (χ2v) is 17.0. The quantitative estimate of drug-likeness (QED) is 0.0346. The van der Waals surface area contributed by atoms with Gasteiger partial charge in [0, 0.05) is 19.4 Å². The molecule has 0 aliphatic rings. The van der Waals surface area contributed by atoms with Crippen LogP contribution < -0.4 is 0 Å². The Morgan fingerprint density at radius 3 is 1.16 bits per heavy atom. The highest BCUT2D eigenvalue weighted by atomic mass is 16.6. The molecule has 64 heavy (non-hydrogen) atoms. The summed E-state index contributed by atoms with van der Waals surface area (Å²) in [6.45, 7) is 7.50. The molecule has 0 aromatic carbocycles. The van der Waals surface area contributed by atoms with Crippen molar-refractivity contribution in [3.63, 3.8) is 0 Å². The number of esters is 2. The number of allylic oxidation sites excluding steroid dienone is 18. The van der Waals surface area contributed by atoms with Crippen molar-refractivity contribution in [2.45, 2.75) is 232 Å². The molecular weight excluding hydrogens is 789 g/mol. The smallest absolute Gasteiger partial charge is 0.306 e. The van der Waals surface area contributed by atoms with E-state index in [9.17, 15) is 9.59 Å². The van der Waals surface area contributed by atoms with Crippen molar-refractivity contribution < 1.29 is 23.8 Å². The van der Waals surface area contributed by atoms with Gasteiger partial charge in [-0.3, -0.25) is 9.59 Å². The zero-order chi connectivity index (χ0) is 46.3. The average Bonchev–Trinajstić information content (AvgIpc) is 3.30. The van der Waals surface area contributed by atoms with Crippen LogP contribution in [-0.2, 0) is 23.8 Å². The number of hydrogen-bond donors (Lipinski definition) is 0. The fraction of sp³-hybridized carbons (Fsp3) is 0.661. The van der Waals surface area contributed by atoms with Gasteiger partial charge in [-0.1, -0.05) is 201 Å². The summed E-state index contributed by atoms with van der Waals surface area (Å²) in [6.07, 6.45) is 73.8. The van der Waals surface area contributed by atoms with Crippen molar-refractivity contribution in [1.82, 2.24) is 0 Å². The SMILES string of the molecule is CC/C=C\C/C=C\C/C=C\C/C=C\C/C=C\CCCCCC(=O)OCC(COCCCCCC/C=C\C/C=C\C/C=C\CC)OC(=O)CCCCCCC/C=C\CCCCCCCC. The van der Waals surface area contributed by atoms with Gasteiger partial charge in [0.2, 0.25) is 0 Å². The Kier molecular flexibility index (Phi) is 51.0. The van der Waals surface area contributed by atoms with Gasteiger partial charge in [-0.25, -0.2) is 0 Å². The minimum Gasteiger partial charge on any atom is -0.462 e. The summed E-state index contributed by atoms with van der Waals surface area (Å²) in [6, 6.07) is 0. The van der Waals surface area contributed by atoms with E-state index in [4.69, 9.17) is 14.2 Å². The highest BCUT2D eigenvalue weighted by Gasteiger charge is 2.17. The molecule has 0 N–H and O–H groups in total. The number of unbranched alkanes of at least 4 members (excludes halogenated alkanes) is 18. The Labute approximate surface area is 395 Å². The summed E-state index contributed by atoms with van der Waals surface area (Å²) in [7, 11) is 0. The molecule has 0 fully saturated rings. The van der Waals surface area contributed by atoms with E-state index in [2.05, 4.69) is 130 Å². The van der Waals surface area contributed by atoms with Gasteiger partial charge < -0.3 is 14.2 Å². The first-order chi connectivity index (χ1) is 31.6. The lowest BCUT2D eigenvalue weighted by molar-refractivity contribution is -0.163. The first kappa shape index (κ1) is 60.6. The van der Waals surface area contributed by atoms with Crippen molar-refractivity contribution in [1.29, 1.82) is 0 Å². The van der Waals surface area contributed by atoms with Gasteiger partial charge in [-0.15, -0.1) is 0 Å². The molecule has 0 radical (unpaired) electrons. The largest absolute Gasteiger partial charge is 0.462 e. The molecule has 0 aliphatic heterocycles. The Hall–Kier alpha value is -3.44. The summed E-state index contributed by atoms with van der Waals surface area (Å²) in [5.74, 6) is -0.462. The fourth-order valence-corrected chi connectivity index (χ4v) is 6.90. The highest BCUT2D eigenvalue weighted by molar-refractivity contribution is 5.70. The monoisotopic (exact) mass is 887 g/mol. The predicted octanol–water partition coefficient (Wildman–Crippen LogP) is 18.0. The van der Waals surface area contributed by atoms with Crippen LogP contribution in [0.5, 0.6) is 0 Å². The molecule has 0 heterocycles. The van der Waals surface area contributed by atoms with Crippen LogP contribution in [0.4, 0.5) is 0 Å². The van der Waals surface area contributed by atoms with Crippen LogP contribution in [0.15, 0.2) is 109 Å². The third-order valence-electron chi connectivity index (χ3n) is 10.8. The Bertz CT molecular complexity index is 1280. The van der Waals surface area contributed by atoms with E-state index in [-0.39, 0.29) is 25.2 Å². The lowest BCUT2D eigenvalue weighted by atomic mass is 10.1. The second-order valence-electron chi connectivity index (χ2n) is 17.0. The number of hydrogen-bond acceptors (Lipinski definition) is 5. The Balaban J connectivity index is 4.39. The fourth-order valence-electron chi connectivity index (χ4n) is 6.90. The van der Waals surface area contributed by atoms with Crippen LogP contribution in [0.25, 0.3) is 0 Å². The molecule has 0 saturated carbocycles. The van der Waals surface area contributed by atoms with Gasteiger partial charge in [0.1, 0.15) is 6.61 Å². The standard InChI is InChI=1S/C59H98O5/c1-4-7-10-13-16-19-22-25-28-29-30-31-33-34-37-40-43-46-49-52-58(60)63-56-57(55-62-54-51-48-45-42-39-36-27-24-21-18-15-12-9-6-3)64-59(61)53-50-47-44-41-38-35-32-26-23-20-17-14-11-8-5-2/h7,9-10,12,16,18-19,21,25-28,30-32,34,36-37,57H,4-6,8,11,13-15,17,20,22-24,29,33,35,38-56H2,1-3H3/b10-7-,12-9-,19-16-,21-18-,28-25-,31-30-,32-26-,36-27-,37-34-. The molecule has 364 valence electrons. The van der Waals surface area contributed by atoms with Crippen molar-refractivity contribution in [3.8, 4) is 0 Å². The molecule has 0 saturated heterocycles. The molecule has 1 atom stereocenters. The van der Waals surface area contributed by atoms with Gasteiger partial charge in [-0.2, -0.15) is 0 Å². The molecule has 0 amide bonds. The van der Waals surface area contributed by atoms with E-state index in [1.807, 2.05) is 0 Å². The van der Waals surface area contributed by atoms with E-state index in [1.165, 1.54) is 70.6 Å². The zero-order valence-corrected chi connectivity index (χ0v) is 41.8. The van der Waals surface area contributed by atoms with Gasteiger partial charge in [0.05, 0.1) is 6.61 Å². The van der Waals surface area contributed by atoms with Crippen molar-refractivity contribution in [2.24, 2.45) is 0 Å². The first-order valence-electron chi connectivity index (χ1n) is 26.4. The molecule has 0 bridgehead atoms. The highest BCUT2D eigenvalue weighted by Crippen LogP contribution is 2.13. The molecule has 1 unspecified atom stereocenters. The number of ether oxygens (including phenoxy) is 3. The summed E-state index contributed by atoms with van der Waals surface area (Å²) < 4.78 is 17.4. The van der Waals surface area contributed by atoms with Gasteiger partial charge in [0.15, 0.2) is 6.10 Å². The van der Waals surface area contributed by atoms with E-state index in [1.54, 1.807) is 0 Å². The van der Waals surface area contributed by atoms with Crippen molar-refractivity contribution >= 4 is 11.9 Å². The second kappa shape index (κ2) is 53.9. The molecule has 5 nitrogen and oxygen atoms in total. The number of rotatable bonds is 47. The first-order valence-corrected chi connectivity index (χ1v) is 26.4. The molecule has 0 aliphatic carbocycles. The van der Waals surface area contributed by atoms with Crippen molar-refractivity contribution in [3.05, 3.63) is 109 Å². The molecule has 5 heteroatoms.